The third kappa shape index (κ3) is 1.04. The second-order valence-corrected chi connectivity index (χ2v) is 3.49. The summed E-state index contributed by atoms with van der Waals surface area (Å²) in [5.41, 5.74) is 3.85. The molecule has 0 amide bonds. The van der Waals surface area contributed by atoms with Gasteiger partial charge in [-0.15, -0.1) is 0 Å². The van der Waals surface area contributed by atoms with Crippen LogP contribution in [0.2, 0.25) is 0 Å². The maximum atomic E-state index is 5.42. The monoisotopic (exact) mass is 185 g/mol. The first-order valence-corrected chi connectivity index (χ1v) is 4.85. The number of nitrogens with one attached hydrogen (secondary N) is 1. The summed E-state index contributed by atoms with van der Waals surface area (Å²) in [4.78, 5) is 0. The number of benzene rings is 1. The molecular formula is C12H11NO. The van der Waals surface area contributed by atoms with Crippen LogP contribution in [0.4, 0.5) is 5.69 Å². The highest BCUT2D eigenvalue weighted by Crippen LogP contribution is 2.32. The van der Waals surface area contributed by atoms with E-state index in [4.69, 9.17) is 4.42 Å². The Bertz CT molecular complexity index is 445. The molecule has 1 aromatic heterocycles. The molecule has 0 radical (unpaired) electrons. The van der Waals surface area contributed by atoms with Crippen molar-refractivity contribution >= 4 is 5.69 Å². The minimum absolute atomic E-state index is 0.963. The van der Waals surface area contributed by atoms with Gasteiger partial charge in [-0.3, -0.25) is 0 Å². The van der Waals surface area contributed by atoms with Crippen LogP contribution in [0.15, 0.2) is 41.0 Å². The zero-order chi connectivity index (χ0) is 9.38. The number of furan rings is 1. The average molecular weight is 185 g/mol. The number of fused-ring (bicyclic) bond motifs is 1. The summed E-state index contributed by atoms with van der Waals surface area (Å²) in [6.45, 7) is 1.03. The van der Waals surface area contributed by atoms with Crippen LogP contribution in [-0.4, -0.2) is 6.54 Å². The highest BCUT2D eigenvalue weighted by molar-refractivity contribution is 5.72. The van der Waals surface area contributed by atoms with E-state index in [-0.39, 0.29) is 0 Å². The molecule has 0 spiro atoms. The van der Waals surface area contributed by atoms with Crippen molar-refractivity contribution in [3.63, 3.8) is 0 Å². The third-order valence-corrected chi connectivity index (χ3v) is 2.65. The molecule has 14 heavy (non-hydrogen) atoms. The molecule has 0 saturated heterocycles. The lowest BCUT2D eigenvalue weighted by atomic mass is 10.0. The van der Waals surface area contributed by atoms with Crippen molar-refractivity contribution in [2.45, 2.75) is 6.42 Å². The summed E-state index contributed by atoms with van der Waals surface area (Å²) >= 11 is 0. The van der Waals surface area contributed by atoms with Gasteiger partial charge < -0.3 is 9.73 Å². The lowest BCUT2D eigenvalue weighted by molar-refractivity contribution is 0.582. The maximum Gasteiger partial charge on any atom is 0.134 e. The first-order chi connectivity index (χ1) is 6.95. The number of anilines is 1. The molecule has 1 aliphatic rings. The zero-order valence-electron chi connectivity index (χ0n) is 7.79. The van der Waals surface area contributed by atoms with E-state index in [0.29, 0.717) is 0 Å². The van der Waals surface area contributed by atoms with Gasteiger partial charge in [-0.05, 0) is 30.2 Å². The van der Waals surface area contributed by atoms with Gasteiger partial charge in [-0.2, -0.15) is 0 Å². The first kappa shape index (κ1) is 7.68. The normalized spacial score (nSPS) is 13.7. The van der Waals surface area contributed by atoms with Crippen LogP contribution >= 0.6 is 0 Å². The van der Waals surface area contributed by atoms with E-state index < -0.39 is 0 Å². The van der Waals surface area contributed by atoms with Crippen molar-refractivity contribution in [1.82, 2.24) is 0 Å². The molecule has 0 unspecified atom stereocenters. The van der Waals surface area contributed by atoms with Crippen molar-refractivity contribution in [1.29, 1.82) is 0 Å². The van der Waals surface area contributed by atoms with E-state index in [9.17, 15) is 0 Å². The van der Waals surface area contributed by atoms with Crippen LogP contribution in [0.3, 0.4) is 0 Å². The van der Waals surface area contributed by atoms with Gasteiger partial charge in [-0.25, -0.2) is 0 Å². The molecule has 1 N–H and O–H groups in total. The summed E-state index contributed by atoms with van der Waals surface area (Å²) in [5, 5.41) is 3.36. The second kappa shape index (κ2) is 2.91. The second-order valence-electron chi connectivity index (χ2n) is 3.49. The van der Waals surface area contributed by atoms with Crippen LogP contribution in [0.1, 0.15) is 5.56 Å². The van der Waals surface area contributed by atoms with Crippen LogP contribution in [0.25, 0.3) is 11.3 Å². The molecule has 3 rings (SSSR count). The molecule has 2 nitrogen and oxygen atoms in total. The summed E-state index contributed by atoms with van der Waals surface area (Å²) < 4.78 is 5.42. The van der Waals surface area contributed by atoms with Gasteiger partial charge >= 0.3 is 0 Å². The summed E-state index contributed by atoms with van der Waals surface area (Å²) in [6, 6.07) is 10.2. The van der Waals surface area contributed by atoms with Gasteiger partial charge in [-0.1, -0.05) is 12.1 Å². The van der Waals surface area contributed by atoms with Crippen LogP contribution in [0, 0.1) is 0 Å². The van der Waals surface area contributed by atoms with Gasteiger partial charge in [0.05, 0.1) is 6.26 Å². The van der Waals surface area contributed by atoms with E-state index in [2.05, 4.69) is 23.5 Å². The van der Waals surface area contributed by atoms with Crippen LogP contribution < -0.4 is 5.32 Å². The maximum absolute atomic E-state index is 5.42. The lowest BCUT2D eigenvalue weighted by Gasteiger charge is -2.04. The van der Waals surface area contributed by atoms with Gasteiger partial charge in [0.15, 0.2) is 0 Å². The fourth-order valence-electron chi connectivity index (χ4n) is 2.01. The minimum atomic E-state index is 0.963. The Balaban J connectivity index is 2.20. The Morgan fingerprint density at radius 2 is 2.14 bits per heavy atom. The van der Waals surface area contributed by atoms with Crippen molar-refractivity contribution in [2.24, 2.45) is 0 Å². The van der Waals surface area contributed by atoms with E-state index >= 15 is 0 Å². The predicted molar refractivity (Wildman–Crippen MR) is 56.3 cm³/mol. The SMILES string of the molecule is c1coc(-c2cccc3c2CCN3)c1. The van der Waals surface area contributed by atoms with E-state index in [1.807, 2.05) is 12.1 Å². The molecule has 2 heteroatoms. The lowest BCUT2D eigenvalue weighted by Crippen LogP contribution is -1.90. The van der Waals surface area contributed by atoms with Crippen molar-refractivity contribution in [3.05, 3.63) is 42.2 Å². The van der Waals surface area contributed by atoms with Crippen molar-refractivity contribution in [2.75, 3.05) is 11.9 Å². The molecule has 0 bridgehead atoms. The third-order valence-electron chi connectivity index (χ3n) is 2.65. The fraction of sp³-hybridized carbons (Fsp3) is 0.167. The quantitative estimate of drug-likeness (QED) is 0.739. The number of rotatable bonds is 1. The Kier molecular flexibility index (Phi) is 1.60. The van der Waals surface area contributed by atoms with Gasteiger partial charge in [0.2, 0.25) is 0 Å². The smallest absolute Gasteiger partial charge is 0.134 e. The molecule has 2 heterocycles. The van der Waals surface area contributed by atoms with Gasteiger partial charge in [0, 0.05) is 17.8 Å². The van der Waals surface area contributed by atoms with E-state index in [1.54, 1.807) is 6.26 Å². The number of hydrogen-bond acceptors (Lipinski definition) is 2. The van der Waals surface area contributed by atoms with Gasteiger partial charge in [0.25, 0.3) is 0 Å². The van der Waals surface area contributed by atoms with Crippen molar-refractivity contribution < 1.29 is 4.42 Å². The highest BCUT2D eigenvalue weighted by atomic mass is 16.3. The summed E-state index contributed by atoms with van der Waals surface area (Å²) in [7, 11) is 0. The number of hydrogen-bond donors (Lipinski definition) is 1. The molecular weight excluding hydrogens is 174 g/mol. The average Bonchev–Trinajstić information content (AvgIpc) is 2.88. The Hall–Kier alpha value is -1.70. The molecule has 1 aromatic carbocycles. The molecule has 0 aliphatic carbocycles. The largest absolute Gasteiger partial charge is 0.464 e. The molecule has 1 aliphatic heterocycles. The Morgan fingerprint density at radius 3 is 3.00 bits per heavy atom. The standard InChI is InChI=1S/C12H11NO/c1-3-10(12-5-2-8-14-12)9-6-7-13-11(9)4-1/h1-5,8,13H,6-7H2. The summed E-state index contributed by atoms with van der Waals surface area (Å²) in [6.07, 6.45) is 2.81. The minimum Gasteiger partial charge on any atom is -0.464 e. The van der Waals surface area contributed by atoms with E-state index in [0.717, 1.165) is 18.7 Å². The highest BCUT2D eigenvalue weighted by Gasteiger charge is 2.15. The molecule has 0 atom stereocenters. The van der Waals surface area contributed by atoms with Crippen LogP contribution in [-0.2, 0) is 6.42 Å². The molecule has 2 aromatic rings. The predicted octanol–water partition coefficient (Wildman–Crippen LogP) is 2.91. The van der Waals surface area contributed by atoms with E-state index in [1.165, 1.54) is 16.8 Å². The Morgan fingerprint density at radius 1 is 1.14 bits per heavy atom. The molecule has 0 fully saturated rings. The first-order valence-electron chi connectivity index (χ1n) is 4.85. The Labute approximate surface area is 82.6 Å². The van der Waals surface area contributed by atoms with Gasteiger partial charge in [0.1, 0.15) is 5.76 Å². The molecule has 0 saturated carbocycles. The topological polar surface area (TPSA) is 25.2 Å². The summed E-state index contributed by atoms with van der Waals surface area (Å²) in [5.74, 6) is 0.963. The zero-order valence-corrected chi connectivity index (χ0v) is 7.79. The molecule has 70 valence electrons. The van der Waals surface area contributed by atoms with Crippen LogP contribution in [0.5, 0.6) is 0 Å². The fourth-order valence-corrected chi connectivity index (χ4v) is 2.01. The van der Waals surface area contributed by atoms with Crippen molar-refractivity contribution in [3.8, 4) is 11.3 Å².